The maximum absolute atomic E-state index is 12.0. The number of nitrogens with zero attached hydrogens (tertiary/aromatic N) is 2. The topological polar surface area (TPSA) is 87.0 Å². The van der Waals surface area contributed by atoms with Crippen molar-refractivity contribution in [3.8, 4) is 0 Å². The largest absolute Gasteiger partial charge is 0.477 e. The number of carboxylic acids is 1. The van der Waals surface area contributed by atoms with Crippen molar-refractivity contribution in [3.63, 3.8) is 0 Å². The van der Waals surface area contributed by atoms with Gasteiger partial charge in [-0.15, -0.1) is 0 Å². The predicted molar refractivity (Wildman–Crippen MR) is 102 cm³/mol. The molecule has 0 aromatic heterocycles. The number of carbonyl (C=O) groups excluding carboxylic acids is 2. The SMILES string of the molecule is CC(=NC(=O)c1cccc(CCCCCCCC(=O)N(C)C)c1)C(=O)O. The van der Waals surface area contributed by atoms with Crippen molar-refractivity contribution in [2.45, 2.75) is 51.9 Å². The van der Waals surface area contributed by atoms with E-state index in [-0.39, 0.29) is 11.6 Å². The van der Waals surface area contributed by atoms with Crippen LogP contribution in [-0.2, 0) is 16.0 Å². The molecule has 0 bridgehead atoms. The molecule has 0 radical (unpaired) electrons. The van der Waals surface area contributed by atoms with Crippen LogP contribution in [0, 0.1) is 0 Å². The van der Waals surface area contributed by atoms with Crippen LogP contribution in [0.5, 0.6) is 0 Å². The molecule has 0 atom stereocenters. The quantitative estimate of drug-likeness (QED) is 0.512. The lowest BCUT2D eigenvalue weighted by atomic mass is 10.0. The molecule has 0 saturated heterocycles. The van der Waals surface area contributed by atoms with E-state index in [2.05, 4.69) is 4.99 Å². The second-order valence-corrected chi connectivity index (χ2v) is 6.56. The van der Waals surface area contributed by atoms with Gasteiger partial charge in [0, 0.05) is 26.1 Å². The molecule has 0 spiro atoms. The van der Waals surface area contributed by atoms with Crippen LogP contribution in [0.1, 0.15) is 61.4 Å². The summed E-state index contributed by atoms with van der Waals surface area (Å²) in [5.74, 6) is -1.55. The predicted octanol–water partition coefficient (Wildman–Crippen LogP) is 3.34. The van der Waals surface area contributed by atoms with E-state index in [1.54, 1.807) is 37.2 Å². The van der Waals surface area contributed by atoms with E-state index in [1.807, 2.05) is 6.07 Å². The highest BCUT2D eigenvalue weighted by molar-refractivity contribution is 6.36. The molecule has 0 heterocycles. The van der Waals surface area contributed by atoms with E-state index in [0.717, 1.165) is 44.1 Å². The summed E-state index contributed by atoms with van der Waals surface area (Å²) in [7, 11) is 3.55. The Labute approximate surface area is 154 Å². The smallest absolute Gasteiger partial charge is 0.350 e. The van der Waals surface area contributed by atoms with Gasteiger partial charge in [0.1, 0.15) is 5.71 Å². The molecule has 2 amide bonds. The van der Waals surface area contributed by atoms with Crippen molar-refractivity contribution in [3.05, 3.63) is 35.4 Å². The number of carbonyl (C=O) groups is 3. The molecule has 0 fully saturated rings. The number of aryl methyl sites for hydroxylation is 1. The van der Waals surface area contributed by atoms with Gasteiger partial charge in [-0.2, -0.15) is 0 Å². The number of hydrogen-bond acceptors (Lipinski definition) is 3. The van der Waals surface area contributed by atoms with Crippen LogP contribution in [0.3, 0.4) is 0 Å². The normalized spacial score (nSPS) is 11.3. The zero-order chi connectivity index (χ0) is 19.5. The van der Waals surface area contributed by atoms with E-state index in [0.29, 0.717) is 12.0 Å². The first-order chi connectivity index (χ1) is 12.3. The Hall–Kier alpha value is -2.50. The van der Waals surface area contributed by atoms with Crippen molar-refractivity contribution >= 4 is 23.5 Å². The molecule has 1 aromatic carbocycles. The summed E-state index contributed by atoms with van der Waals surface area (Å²) in [5.41, 5.74) is 1.24. The molecule has 6 nitrogen and oxygen atoms in total. The van der Waals surface area contributed by atoms with Gasteiger partial charge in [0.05, 0.1) is 0 Å². The van der Waals surface area contributed by atoms with Crippen LogP contribution in [-0.4, -0.2) is 47.6 Å². The first-order valence-electron chi connectivity index (χ1n) is 8.93. The summed E-state index contributed by atoms with van der Waals surface area (Å²) in [6.45, 7) is 1.30. The van der Waals surface area contributed by atoms with Crippen LogP contribution in [0.25, 0.3) is 0 Å². The molecule has 6 heteroatoms. The molecular formula is C20H28N2O4. The third-order valence-electron chi connectivity index (χ3n) is 4.11. The summed E-state index contributed by atoms with van der Waals surface area (Å²) in [6, 6.07) is 7.17. The lowest BCUT2D eigenvalue weighted by molar-refractivity contribution is -0.130. The summed E-state index contributed by atoms with van der Waals surface area (Å²) >= 11 is 0. The van der Waals surface area contributed by atoms with Crippen LogP contribution in [0.2, 0.25) is 0 Å². The minimum absolute atomic E-state index is 0.173. The number of aliphatic carboxylic acids is 1. The van der Waals surface area contributed by atoms with Gasteiger partial charge in [-0.1, -0.05) is 31.4 Å². The summed E-state index contributed by atoms with van der Waals surface area (Å²) in [4.78, 5) is 39.4. The Bertz CT molecular complexity index is 666. The van der Waals surface area contributed by atoms with Gasteiger partial charge in [0.2, 0.25) is 5.91 Å². The number of aliphatic imine (C=N–C) groups is 1. The Kier molecular flexibility index (Phi) is 9.26. The average molecular weight is 360 g/mol. The molecule has 0 aliphatic rings. The zero-order valence-corrected chi connectivity index (χ0v) is 15.8. The van der Waals surface area contributed by atoms with Crippen LogP contribution >= 0.6 is 0 Å². The van der Waals surface area contributed by atoms with Gasteiger partial charge in [0.25, 0.3) is 5.91 Å². The lowest BCUT2D eigenvalue weighted by Gasteiger charge is -2.09. The minimum Gasteiger partial charge on any atom is -0.477 e. The molecule has 1 rings (SSSR count). The molecule has 0 aliphatic carbocycles. The number of hydrogen-bond donors (Lipinski definition) is 1. The average Bonchev–Trinajstić information content (AvgIpc) is 2.60. The first kappa shape index (κ1) is 21.5. The first-order valence-corrected chi connectivity index (χ1v) is 8.93. The standard InChI is InChI=1S/C20H28N2O4/c1-15(20(25)26)21-19(24)17-12-9-11-16(14-17)10-7-5-4-6-8-13-18(23)22(2)3/h9,11-12,14H,4-8,10,13H2,1-3H3,(H,25,26). The van der Waals surface area contributed by atoms with Gasteiger partial charge in [-0.05, 0) is 43.9 Å². The van der Waals surface area contributed by atoms with Crippen LogP contribution < -0.4 is 0 Å². The van der Waals surface area contributed by atoms with Crippen molar-refractivity contribution in [2.24, 2.45) is 4.99 Å². The van der Waals surface area contributed by atoms with Gasteiger partial charge in [-0.25, -0.2) is 9.79 Å². The summed E-state index contributed by atoms with van der Waals surface area (Å²) in [5, 5.41) is 8.79. The Balaban J connectivity index is 2.36. The van der Waals surface area contributed by atoms with Gasteiger partial charge in [-0.3, -0.25) is 9.59 Å². The Morgan fingerprint density at radius 2 is 1.69 bits per heavy atom. The number of carboxylic acid groups (broad SMARTS) is 1. The van der Waals surface area contributed by atoms with Crippen molar-refractivity contribution < 1.29 is 19.5 Å². The lowest BCUT2D eigenvalue weighted by Crippen LogP contribution is -2.20. The van der Waals surface area contributed by atoms with E-state index >= 15 is 0 Å². The molecule has 0 aliphatic heterocycles. The molecule has 142 valence electrons. The third kappa shape index (κ3) is 8.05. The molecular weight excluding hydrogens is 332 g/mol. The van der Waals surface area contributed by atoms with Crippen molar-refractivity contribution in [1.29, 1.82) is 0 Å². The van der Waals surface area contributed by atoms with Crippen molar-refractivity contribution in [2.75, 3.05) is 14.1 Å². The maximum Gasteiger partial charge on any atom is 0.350 e. The number of amides is 2. The van der Waals surface area contributed by atoms with Crippen LogP contribution in [0.4, 0.5) is 0 Å². The summed E-state index contributed by atoms with van der Waals surface area (Å²) in [6.07, 6.45) is 6.60. The van der Waals surface area contributed by atoms with Crippen LogP contribution in [0.15, 0.2) is 29.3 Å². The van der Waals surface area contributed by atoms with Gasteiger partial charge < -0.3 is 10.0 Å². The maximum atomic E-state index is 12.0. The van der Waals surface area contributed by atoms with Gasteiger partial charge >= 0.3 is 5.97 Å². The van der Waals surface area contributed by atoms with Crippen molar-refractivity contribution in [1.82, 2.24) is 4.90 Å². The highest BCUT2D eigenvalue weighted by atomic mass is 16.4. The second-order valence-electron chi connectivity index (χ2n) is 6.56. The van der Waals surface area contributed by atoms with E-state index in [1.165, 1.54) is 6.92 Å². The molecule has 1 N–H and O–H groups in total. The molecule has 26 heavy (non-hydrogen) atoms. The number of benzene rings is 1. The van der Waals surface area contributed by atoms with E-state index in [4.69, 9.17) is 5.11 Å². The molecule has 0 saturated carbocycles. The highest BCUT2D eigenvalue weighted by Gasteiger charge is 2.09. The molecule has 1 aromatic rings. The highest BCUT2D eigenvalue weighted by Crippen LogP contribution is 2.13. The van der Waals surface area contributed by atoms with Gasteiger partial charge in [0.15, 0.2) is 0 Å². The Morgan fingerprint density at radius 1 is 1.04 bits per heavy atom. The van der Waals surface area contributed by atoms with E-state index < -0.39 is 11.9 Å². The van der Waals surface area contributed by atoms with E-state index in [9.17, 15) is 14.4 Å². The minimum atomic E-state index is -1.19. The zero-order valence-electron chi connectivity index (χ0n) is 15.8. The Morgan fingerprint density at radius 3 is 2.35 bits per heavy atom. The second kappa shape index (κ2) is 11.2. The fourth-order valence-corrected chi connectivity index (χ4v) is 2.48. The monoisotopic (exact) mass is 360 g/mol. The fraction of sp³-hybridized carbons (Fsp3) is 0.500. The fourth-order valence-electron chi connectivity index (χ4n) is 2.48. The number of rotatable bonds is 10. The summed E-state index contributed by atoms with van der Waals surface area (Å²) < 4.78 is 0. The third-order valence-corrected chi connectivity index (χ3v) is 4.11. The molecule has 0 unspecified atom stereocenters. The number of unbranched alkanes of at least 4 members (excludes halogenated alkanes) is 4.